The highest BCUT2D eigenvalue weighted by Gasteiger charge is 2.25. The fraction of sp³-hybridized carbons (Fsp3) is 0.643. The minimum atomic E-state index is 0.227. The lowest BCUT2D eigenvalue weighted by Crippen LogP contribution is -2.20. The molecule has 1 aliphatic rings. The normalized spacial score (nSPS) is 15.5. The molecule has 0 spiro atoms. The molecule has 0 aliphatic heterocycles. The lowest BCUT2D eigenvalue weighted by molar-refractivity contribution is 0.0969. The zero-order chi connectivity index (χ0) is 12.6. The summed E-state index contributed by atoms with van der Waals surface area (Å²) >= 11 is 0. The molecule has 1 aromatic rings. The van der Waals surface area contributed by atoms with Crippen LogP contribution in [0.4, 0.5) is 0 Å². The van der Waals surface area contributed by atoms with Crippen LogP contribution in [-0.4, -0.2) is 15.8 Å². The smallest absolute Gasteiger partial charge is 0.166 e. The molecule has 0 unspecified atom stereocenters. The highest BCUT2D eigenvalue weighted by molar-refractivity contribution is 5.99. The van der Waals surface area contributed by atoms with Crippen LogP contribution in [0.2, 0.25) is 0 Å². The Kier molecular flexibility index (Phi) is 3.27. The van der Waals surface area contributed by atoms with E-state index < -0.39 is 0 Å². The van der Waals surface area contributed by atoms with E-state index >= 15 is 0 Å². The second-order valence-corrected chi connectivity index (χ2v) is 5.37. The fourth-order valence-corrected chi connectivity index (χ4v) is 2.25. The standard InChI is InChI=1S/C14H20N2O/c1-8(2)13-12-10(6-5-7-11(12)17)15-14(16-13)9(3)4/h8-9H,5-7H2,1-4H3. The van der Waals surface area contributed by atoms with Crippen LogP contribution in [0.15, 0.2) is 0 Å². The van der Waals surface area contributed by atoms with Crippen LogP contribution in [0, 0.1) is 0 Å². The molecule has 17 heavy (non-hydrogen) atoms. The largest absolute Gasteiger partial charge is 0.294 e. The number of hydrogen-bond acceptors (Lipinski definition) is 3. The number of Topliss-reactive ketones (excluding diaryl/α,β-unsaturated/α-hetero) is 1. The van der Waals surface area contributed by atoms with Crippen molar-refractivity contribution in [1.82, 2.24) is 9.97 Å². The second kappa shape index (κ2) is 4.55. The molecular formula is C14H20N2O. The van der Waals surface area contributed by atoms with Gasteiger partial charge in [-0.25, -0.2) is 9.97 Å². The van der Waals surface area contributed by atoms with E-state index in [0.29, 0.717) is 12.3 Å². The van der Waals surface area contributed by atoms with Crippen molar-refractivity contribution in [1.29, 1.82) is 0 Å². The van der Waals surface area contributed by atoms with Crippen molar-refractivity contribution in [2.75, 3.05) is 0 Å². The Bertz CT molecular complexity index is 450. The lowest BCUT2D eigenvalue weighted by Gasteiger charge is -2.20. The van der Waals surface area contributed by atoms with Gasteiger partial charge in [0.05, 0.1) is 17.0 Å². The van der Waals surface area contributed by atoms with Crippen molar-refractivity contribution in [3.8, 4) is 0 Å². The van der Waals surface area contributed by atoms with Crippen LogP contribution >= 0.6 is 0 Å². The quantitative estimate of drug-likeness (QED) is 0.786. The molecule has 1 aliphatic carbocycles. The van der Waals surface area contributed by atoms with Crippen LogP contribution in [0.3, 0.4) is 0 Å². The first-order chi connectivity index (χ1) is 8.00. The topological polar surface area (TPSA) is 42.9 Å². The first-order valence-electron chi connectivity index (χ1n) is 6.44. The predicted molar refractivity (Wildman–Crippen MR) is 67.5 cm³/mol. The third-order valence-electron chi connectivity index (χ3n) is 3.19. The first-order valence-corrected chi connectivity index (χ1v) is 6.44. The summed E-state index contributed by atoms with van der Waals surface area (Å²) in [6, 6.07) is 0. The summed E-state index contributed by atoms with van der Waals surface area (Å²) < 4.78 is 0. The van der Waals surface area contributed by atoms with Gasteiger partial charge in [-0.05, 0) is 18.8 Å². The van der Waals surface area contributed by atoms with Crippen LogP contribution < -0.4 is 0 Å². The van der Waals surface area contributed by atoms with E-state index in [1.807, 2.05) is 0 Å². The molecule has 0 N–H and O–H groups in total. The molecule has 0 aromatic carbocycles. The predicted octanol–water partition coefficient (Wildman–Crippen LogP) is 3.24. The monoisotopic (exact) mass is 232 g/mol. The molecule has 0 radical (unpaired) electrons. The average molecular weight is 232 g/mol. The zero-order valence-corrected chi connectivity index (χ0v) is 11.1. The summed E-state index contributed by atoms with van der Waals surface area (Å²) in [7, 11) is 0. The number of carbonyl (C=O) groups excluding carboxylic acids is 1. The van der Waals surface area contributed by atoms with Gasteiger partial charge in [-0.15, -0.1) is 0 Å². The Labute approximate surface area is 103 Å². The molecule has 2 rings (SSSR count). The Balaban J connectivity index is 2.62. The van der Waals surface area contributed by atoms with E-state index in [1.54, 1.807) is 0 Å². The van der Waals surface area contributed by atoms with Crippen LogP contribution in [0.1, 0.15) is 79.9 Å². The number of hydrogen-bond donors (Lipinski definition) is 0. The first kappa shape index (κ1) is 12.2. The van der Waals surface area contributed by atoms with E-state index in [1.165, 1.54) is 0 Å². The zero-order valence-electron chi connectivity index (χ0n) is 11.1. The van der Waals surface area contributed by atoms with E-state index in [-0.39, 0.29) is 11.7 Å². The number of fused-ring (bicyclic) bond motifs is 1. The molecular weight excluding hydrogens is 212 g/mol. The number of aromatic nitrogens is 2. The minimum Gasteiger partial charge on any atom is -0.294 e. The summed E-state index contributed by atoms with van der Waals surface area (Å²) in [6.45, 7) is 8.37. The maximum Gasteiger partial charge on any atom is 0.166 e. The van der Waals surface area contributed by atoms with Crippen LogP contribution in [0.5, 0.6) is 0 Å². The van der Waals surface area contributed by atoms with E-state index in [0.717, 1.165) is 35.6 Å². The highest BCUT2D eigenvalue weighted by atomic mass is 16.1. The molecule has 0 amide bonds. The summed E-state index contributed by atoms with van der Waals surface area (Å²) in [5.41, 5.74) is 2.74. The molecule has 0 atom stereocenters. The van der Waals surface area contributed by atoms with Gasteiger partial charge < -0.3 is 0 Å². The van der Waals surface area contributed by atoms with Crippen LogP contribution in [0.25, 0.3) is 0 Å². The van der Waals surface area contributed by atoms with Gasteiger partial charge in [0.1, 0.15) is 5.82 Å². The van der Waals surface area contributed by atoms with Crippen molar-refractivity contribution < 1.29 is 4.79 Å². The molecule has 1 heterocycles. The molecule has 3 heteroatoms. The summed E-state index contributed by atoms with van der Waals surface area (Å²) in [6.07, 6.45) is 2.50. The summed E-state index contributed by atoms with van der Waals surface area (Å²) in [5.74, 6) is 1.70. The molecule has 3 nitrogen and oxygen atoms in total. The number of carbonyl (C=O) groups is 1. The molecule has 0 saturated heterocycles. The van der Waals surface area contributed by atoms with Crippen LogP contribution in [-0.2, 0) is 6.42 Å². The average Bonchev–Trinajstić information content (AvgIpc) is 2.27. The van der Waals surface area contributed by atoms with Gasteiger partial charge in [0, 0.05) is 12.3 Å². The lowest BCUT2D eigenvalue weighted by atomic mass is 9.89. The Morgan fingerprint density at radius 2 is 1.71 bits per heavy atom. The van der Waals surface area contributed by atoms with E-state index in [9.17, 15) is 4.79 Å². The molecule has 0 bridgehead atoms. The number of rotatable bonds is 2. The van der Waals surface area contributed by atoms with Crippen molar-refractivity contribution in [3.05, 3.63) is 22.8 Å². The summed E-state index contributed by atoms with van der Waals surface area (Å²) in [4.78, 5) is 21.2. The molecule has 0 fully saturated rings. The van der Waals surface area contributed by atoms with Gasteiger partial charge >= 0.3 is 0 Å². The van der Waals surface area contributed by atoms with Gasteiger partial charge in [0.2, 0.25) is 0 Å². The molecule has 0 saturated carbocycles. The SMILES string of the molecule is CC(C)c1nc2c(c(C(C)C)n1)C(=O)CCC2. The highest BCUT2D eigenvalue weighted by Crippen LogP contribution is 2.28. The second-order valence-electron chi connectivity index (χ2n) is 5.37. The Morgan fingerprint density at radius 1 is 1.00 bits per heavy atom. The molecule has 1 aromatic heterocycles. The number of aryl methyl sites for hydroxylation is 1. The Hall–Kier alpha value is -1.25. The van der Waals surface area contributed by atoms with E-state index in [4.69, 9.17) is 0 Å². The van der Waals surface area contributed by atoms with E-state index in [2.05, 4.69) is 37.7 Å². The minimum absolute atomic E-state index is 0.227. The van der Waals surface area contributed by atoms with Gasteiger partial charge in [-0.3, -0.25) is 4.79 Å². The molecule has 92 valence electrons. The third-order valence-corrected chi connectivity index (χ3v) is 3.19. The van der Waals surface area contributed by atoms with Gasteiger partial charge in [-0.1, -0.05) is 27.7 Å². The maximum absolute atomic E-state index is 12.0. The number of nitrogens with zero attached hydrogens (tertiary/aromatic N) is 2. The number of ketones is 1. The Morgan fingerprint density at radius 3 is 2.29 bits per heavy atom. The van der Waals surface area contributed by atoms with Crippen molar-refractivity contribution >= 4 is 5.78 Å². The van der Waals surface area contributed by atoms with Crippen molar-refractivity contribution in [2.24, 2.45) is 0 Å². The van der Waals surface area contributed by atoms with Crippen molar-refractivity contribution in [3.63, 3.8) is 0 Å². The van der Waals surface area contributed by atoms with Crippen molar-refractivity contribution in [2.45, 2.75) is 58.8 Å². The maximum atomic E-state index is 12.0. The van der Waals surface area contributed by atoms with Gasteiger partial charge in [-0.2, -0.15) is 0 Å². The third kappa shape index (κ3) is 2.24. The van der Waals surface area contributed by atoms with Gasteiger partial charge in [0.15, 0.2) is 5.78 Å². The fourth-order valence-electron chi connectivity index (χ4n) is 2.25. The van der Waals surface area contributed by atoms with Gasteiger partial charge in [0.25, 0.3) is 0 Å². The summed E-state index contributed by atoms with van der Waals surface area (Å²) in [5, 5.41) is 0.